The van der Waals surface area contributed by atoms with Crippen molar-refractivity contribution in [1.29, 1.82) is 0 Å². The van der Waals surface area contributed by atoms with Gasteiger partial charge in [0.1, 0.15) is 5.69 Å². The smallest absolute Gasteiger partial charge is 0.111 e. The highest BCUT2D eigenvalue weighted by Crippen LogP contribution is 2.34. The van der Waals surface area contributed by atoms with Crippen LogP contribution in [0.3, 0.4) is 0 Å². The zero-order valence-electron chi connectivity index (χ0n) is 22.4. The molecule has 0 amide bonds. The fourth-order valence-corrected chi connectivity index (χ4v) is 4.65. The van der Waals surface area contributed by atoms with Gasteiger partial charge in [0.2, 0.25) is 0 Å². The number of aryl methyl sites for hydroxylation is 2. The molecule has 1 aliphatic carbocycles. The zero-order chi connectivity index (χ0) is 24.4. The maximum absolute atomic E-state index is 5.72. The number of hydrogen-bond donors (Lipinski definition) is 0. The fraction of sp³-hybridized carbons (Fsp3) is 0.710. The Hall–Kier alpha value is -1.81. The van der Waals surface area contributed by atoms with Crippen molar-refractivity contribution >= 4 is 0 Å². The van der Waals surface area contributed by atoms with Crippen LogP contribution in [0.5, 0.6) is 0 Å². The Morgan fingerprint density at radius 2 is 1.37 bits per heavy atom. The summed E-state index contributed by atoms with van der Waals surface area (Å²) in [6.45, 7) is 4.00. The second-order valence-corrected chi connectivity index (χ2v) is 10.5. The van der Waals surface area contributed by atoms with Gasteiger partial charge < -0.3 is 4.74 Å². The summed E-state index contributed by atoms with van der Waals surface area (Å²) in [5.74, 6) is 1.10. The van der Waals surface area contributed by atoms with Crippen molar-refractivity contribution < 1.29 is 4.74 Å². The Labute approximate surface area is 214 Å². The number of nitrogens with zero attached hydrogens (tertiary/aromatic N) is 3. The van der Waals surface area contributed by atoms with Crippen molar-refractivity contribution in [2.24, 2.45) is 5.92 Å². The molecule has 0 saturated heterocycles. The van der Waals surface area contributed by atoms with Crippen LogP contribution in [0.4, 0.5) is 0 Å². The monoisotopic (exact) mass is 479 g/mol. The van der Waals surface area contributed by atoms with E-state index in [1.54, 1.807) is 0 Å². The van der Waals surface area contributed by atoms with Gasteiger partial charge in [-0.05, 0) is 68.2 Å². The van der Waals surface area contributed by atoms with Gasteiger partial charge in [0.15, 0.2) is 0 Å². The van der Waals surface area contributed by atoms with E-state index in [0.29, 0.717) is 0 Å². The Morgan fingerprint density at radius 1 is 0.686 bits per heavy atom. The molecule has 194 valence electrons. The first-order valence-corrected chi connectivity index (χ1v) is 14.7. The van der Waals surface area contributed by atoms with Gasteiger partial charge >= 0.3 is 0 Å². The molecular formula is C31H49N3O. The molecule has 0 aromatic carbocycles. The number of unbranched alkanes of at least 4 members (excludes halogenated alkanes) is 10. The first-order chi connectivity index (χ1) is 17.3. The molecule has 1 fully saturated rings. The van der Waals surface area contributed by atoms with Crippen LogP contribution in [0.15, 0.2) is 30.5 Å². The number of rotatable bonds is 21. The molecule has 1 saturated carbocycles. The van der Waals surface area contributed by atoms with Gasteiger partial charge in [-0.1, -0.05) is 90.0 Å². The summed E-state index contributed by atoms with van der Waals surface area (Å²) in [4.78, 5) is 4.65. The standard InChI is InChI=1S/C31H49N3O/c1-2-3-4-13-24-35-25-14-12-17-29-21-23-31(34-33-29)30-22-20-28(26-32-30)16-11-9-7-5-6-8-10-15-27-18-19-27/h20-23,26-27H,2-19,24-25H2,1H3. The maximum atomic E-state index is 5.72. The Kier molecular flexibility index (Phi) is 14.0. The lowest BCUT2D eigenvalue weighted by molar-refractivity contribution is 0.126. The fourth-order valence-electron chi connectivity index (χ4n) is 4.65. The SMILES string of the molecule is CCCCCCOCCCCc1ccc(-c2ccc(CCCCCCCCCC3CC3)cn2)nn1. The van der Waals surface area contributed by atoms with Gasteiger partial charge in [-0.15, -0.1) is 5.10 Å². The van der Waals surface area contributed by atoms with Gasteiger partial charge in [0.05, 0.1) is 11.4 Å². The van der Waals surface area contributed by atoms with Crippen molar-refractivity contribution in [2.45, 2.75) is 122 Å². The minimum Gasteiger partial charge on any atom is -0.381 e. The van der Waals surface area contributed by atoms with Crippen LogP contribution < -0.4 is 0 Å². The molecule has 0 aliphatic heterocycles. The highest BCUT2D eigenvalue weighted by Gasteiger charge is 2.19. The van der Waals surface area contributed by atoms with E-state index in [2.05, 4.69) is 46.4 Å². The normalized spacial score (nSPS) is 13.4. The predicted molar refractivity (Wildman–Crippen MR) is 147 cm³/mol. The summed E-state index contributed by atoms with van der Waals surface area (Å²) < 4.78 is 5.72. The highest BCUT2D eigenvalue weighted by atomic mass is 16.5. The molecular weight excluding hydrogens is 430 g/mol. The minimum atomic E-state index is 0.855. The van der Waals surface area contributed by atoms with E-state index in [-0.39, 0.29) is 0 Å². The molecule has 35 heavy (non-hydrogen) atoms. The third-order valence-corrected chi connectivity index (χ3v) is 7.20. The van der Waals surface area contributed by atoms with Crippen LogP contribution in [0, 0.1) is 5.92 Å². The summed E-state index contributed by atoms with van der Waals surface area (Å²) in [5.41, 5.74) is 4.15. The molecule has 4 heteroatoms. The van der Waals surface area contributed by atoms with Gasteiger partial charge in [-0.2, -0.15) is 5.10 Å². The molecule has 0 radical (unpaired) electrons. The van der Waals surface area contributed by atoms with Crippen molar-refractivity contribution in [3.8, 4) is 11.4 Å². The molecule has 1 aliphatic rings. The minimum absolute atomic E-state index is 0.855. The molecule has 0 spiro atoms. The molecule has 0 unspecified atom stereocenters. The summed E-state index contributed by atoms with van der Waals surface area (Å²) in [7, 11) is 0. The molecule has 0 N–H and O–H groups in total. The van der Waals surface area contributed by atoms with Crippen LogP contribution in [0.25, 0.3) is 11.4 Å². The van der Waals surface area contributed by atoms with Crippen molar-refractivity contribution in [3.05, 3.63) is 41.7 Å². The summed E-state index contributed by atoms with van der Waals surface area (Å²) >= 11 is 0. The summed E-state index contributed by atoms with van der Waals surface area (Å²) in [6, 6.07) is 8.45. The van der Waals surface area contributed by atoms with Crippen molar-refractivity contribution in [2.75, 3.05) is 13.2 Å². The van der Waals surface area contributed by atoms with Crippen LogP contribution in [-0.4, -0.2) is 28.4 Å². The molecule has 0 atom stereocenters. The summed E-state index contributed by atoms with van der Waals surface area (Å²) in [5, 5.41) is 8.84. The second-order valence-electron chi connectivity index (χ2n) is 10.5. The van der Waals surface area contributed by atoms with Gasteiger partial charge in [-0.25, -0.2) is 0 Å². The lowest BCUT2D eigenvalue weighted by Gasteiger charge is -2.05. The topological polar surface area (TPSA) is 47.9 Å². The van der Waals surface area contributed by atoms with Crippen LogP contribution in [0.2, 0.25) is 0 Å². The molecule has 3 rings (SSSR count). The Morgan fingerprint density at radius 3 is 2.06 bits per heavy atom. The van der Waals surface area contributed by atoms with E-state index >= 15 is 0 Å². The van der Waals surface area contributed by atoms with E-state index in [9.17, 15) is 0 Å². The Bertz CT molecular complexity index is 771. The van der Waals surface area contributed by atoms with E-state index < -0.39 is 0 Å². The van der Waals surface area contributed by atoms with E-state index in [1.807, 2.05) is 6.20 Å². The third-order valence-electron chi connectivity index (χ3n) is 7.20. The largest absolute Gasteiger partial charge is 0.381 e. The highest BCUT2D eigenvalue weighted by molar-refractivity contribution is 5.53. The summed E-state index contributed by atoms with van der Waals surface area (Å²) in [6.07, 6.45) is 25.6. The quantitative estimate of drug-likeness (QED) is 0.168. The van der Waals surface area contributed by atoms with Gasteiger partial charge in [0, 0.05) is 19.4 Å². The van der Waals surface area contributed by atoms with Crippen LogP contribution in [-0.2, 0) is 17.6 Å². The zero-order valence-corrected chi connectivity index (χ0v) is 22.4. The van der Waals surface area contributed by atoms with E-state index in [4.69, 9.17) is 4.74 Å². The lowest BCUT2D eigenvalue weighted by Crippen LogP contribution is -2.00. The average Bonchev–Trinajstić information content (AvgIpc) is 3.72. The lowest BCUT2D eigenvalue weighted by atomic mass is 10.0. The molecule has 2 aromatic rings. The number of pyridine rings is 1. The van der Waals surface area contributed by atoms with E-state index in [0.717, 1.165) is 61.9 Å². The number of ether oxygens (including phenoxy) is 1. The molecule has 2 aromatic heterocycles. The molecule has 2 heterocycles. The van der Waals surface area contributed by atoms with Gasteiger partial charge in [0.25, 0.3) is 0 Å². The van der Waals surface area contributed by atoms with E-state index in [1.165, 1.54) is 95.5 Å². The van der Waals surface area contributed by atoms with Crippen molar-refractivity contribution in [1.82, 2.24) is 15.2 Å². The maximum Gasteiger partial charge on any atom is 0.111 e. The predicted octanol–water partition coefficient (Wildman–Crippen LogP) is 8.53. The average molecular weight is 480 g/mol. The molecule has 0 bridgehead atoms. The van der Waals surface area contributed by atoms with Gasteiger partial charge in [-0.3, -0.25) is 4.98 Å². The number of hydrogen-bond acceptors (Lipinski definition) is 4. The molecule has 4 nitrogen and oxygen atoms in total. The Balaban J connectivity index is 1.22. The van der Waals surface area contributed by atoms with Crippen molar-refractivity contribution in [3.63, 3.8) is 0 Å². The first kappa shape index (κ1) is 27.8. The second kappa shape index (κ2) is 17.6. The third kappa shape index (κ3) is 12.6. The van der Waals surface area contributed by atoms with Crippen LogP contribution in [0.1, 0.15) is 121 Å². The van der Waals surface area contributed by atoms with Crippen LogP contribution >= 0.6 is 0 Å². The first-order valence-electron chi connectivity index (χ1n) is 14.7. The number of aromatic nitrogens is 3.